The van der Waals surface area contributed by atoms with Gasteiger partial charge in [-0.15, -0.1) is 0 Å². The van der Waals surface area contributed by atoms with Gasteiger partial charge in [-0.3, -0.25) is 4.79 Å². The number of carbonyl (C=O) groups excluding carboxylic acids is 1. The van der Waals surface area contributed by atoms with E-state index < -0.39 is 0 Å². The van der Waals surface area contributed by atoms with E-state index in [0.717, 1.165) is 24.0 Å². The zero-order chi connectivity index (χ0) is 12.8. The molecule has 0 atom stereocenters. The number of hydrogen-bond donors (Lipinski definition) is 0. The lowest BCUT2D eigenvalue weighted by Gasteiger charge is -2.21. The quantitative estimate of drug-likeness (QED) is 0.704. The van der Waals surface area contributed by atoms with E-state index in [1.807, 2.05) is 31.3 Å². The molecule has 1 fully saturated rings. The fraction of sp³-hybridized carbons (Fsp3) is 0.438. The maximum absolute atomic E-state index is 12.8. The molecule has 2 nitrogen and oxygen atoms in total. The van der Waals surface area contributed by atoms with Crippen LogP contribution in [0.4, 0.5) is 0 Å². The zero-order valence-electron chi connectivity index (χ0n) is 11.1. The second kappa shape index (κ2) is 3.98. The van der Waals surface area contributed by atoms with Crippen molar-refractivity contribution >= 4 is 11.4 Å². The Kier molecular flexibility index (Phi) is 2.54. The van der Waals surface area contributed by atoms with Gasteiger partial charge in [0.2, 0.25) is 0 Å². The first-order valence-corrected chi connectivity index (χ1v) is 6.68. The third kappa shape index (κ3) is 1.45. The fourth-order valence-electron chi connectivity index (χ4n) is 3.50. The summed E-state index contributed by atoms with van der Waals surface area (Å²) in [5.41, 5.74) is 3.12. The summed E-state index contributed by atoms with van der Waals surface area (Å²) in [6, 6.07) is 8.33. The molecule has 1 saturated carbocycles. The Hall–Kier alpha value is -1.57. The van der Waals surface area contributed by atoms with E-state index in [1.54, 1.807) is 0 Å². The molecule has 0 aromatic heterocycles. The monoisotopic (exact) mass is 241 g/mol. The standard InChI is InChI=1S/C16H19NO/c1-17(2)11-13-12-7-3-4-8-14(12)16(15(13)18)9-5-6-10-16/h3-4,7-8,11H,5-6,9-10H2,1-2H3/b13-11-. The Labute approximate surface area is 108 Å². The van der Waals surface area contributed by atoms with E-state index in [0.29, 0.717) is 5.78 Å². The molecule has 0 aliphatic heterocycles. The first kappa shape index (κ1) is 11.5. The smallest absolute Gasteiger partial charge is 0.175 e. The average molecular weight is 241 g/mol. The molecule has 0 bridgehead atoms. The number of fused-ring (bicyclic) bond motifs is 2. The second-order valence-corrected chi connectivity index (χ2v) is 5.67. The van der Waals surface area contributed by atoms with Crippen LogP contribution in [0.2, 0.25) is 0 Å². The number of nitrogens with zero attached hydrogens (tertiary/aromatic N) is 1. The van der Waals surface area contributed by atoms with Gasteiger partial charge in [-0.1, -0.05) is 37.1 Å². The molecule has 94 valence electrons. The lowest BCUT2D eigenvalue weighted by Crippen LogP contribution is -2.28. The molecule has 0 unspecified atom stereocenters. The van der Waals surface area contributed by atoms with E-state index in [2.05, 4.69) is 18.2 Å². The minimum Gasteiger partial charge on any atom is -0.383 e. The van der Waals surface area contributed by atoms with Crippen LogP contribution < -0.4 is 0 Å². The van der Waals surface area contributed by atoms with Crippen LogP contribution in [-0.2, 0) is 10.2 Å². The van der Waals surface area contributed by atoms with E-state index in [9.17, 15) is 4.79 Å². The normalized spacial score (nSPS) is 22.8. The summed E-state index contributed by atoms with van der Waals surface area (Å²) < 4.78 is 0. The summed E-state index contributed by atoms with van der Waals surface area (Å²) in [5.74, 6) is 0.343. The summed E-state index contributed by atoms with van der Waals surface area (Å²) in [4.78, 5) is 14.8. The van der Waals surface area contributed by atoms with Gasteiger partial charge in [-0.25, -0.2) is 0 Å². The van der Waals surface area contributed by atoms with Crippen LogP contribution in [0.5, 0.6) is 0 Å². The highest BCUT2D eigenvalue weighted by Gasteiger charge is 2.50. The van der Waals surface area contributed by atoms with Crippen LogP contribution >= 0.6 is 0 Å². The molecule has 0 amide bonds. The minimum atomic E-state index is -0.196. The summed E-state index contributed by atoms with van der Waals surface area (Å²) in [6.07, 6.45) is 6.38. The van der Waals surface area contributed by atoms with Crippen LogP contribution in [0.3, 0.4) is 0 Å². The van der Waals surface area contributed by atoms with Crippen LogP contribution in [-0.4, -0.2) is 24.8 Å². The minimum absolute atomic E-state index is 0.196. The third-order valence-corrected chi connectivity index (χ3v) is 4.26. The van der Waals surface area contributed by atoms with E-state index in [4.69, 9.17) is 0 Å². The van der Waals surface area contributed by atoms with Crippen LogP contribution in [0.1, 0.15) is 36.8 Å². The Morgan fingerprint density at radius 2 is 1.83 bits per heavy atom. The highest BCUT2D eigenvalue weighted by atomic mass is 16.1. The summed E-state index contributed by atoms with van der Waals surface area (Å²) in [6.45, 7) is 0. The predicted octanol–water partition coefficient (Wildman–Crippen LogP) is 2.98. The van der Waals surface area contributed by atoms with Crippen molar-refractivity contribution in [2.75, 3.05) is 14.1 Å². The van der Waals surface area contributed by atoms with E-state index in [1.165, 1.54) is 18.4 Å². The molecule has 2 aliphatic rings. The molecule has 2 heteroatoms. The second-order valence-electron chi connectivity index (χ2n) is 5.67. The van der Waals surface area contributed by atoms with Crippen LogP contribution in [0.25, 0.3) is 5.57 Å². The van der Waals surface area contributed by atoms with Gasteiger partial charge in [-0.2, -0.15) is 0 Å². The fourth-order valence-corrected chi connectivity index (χ4v) is 3.50. The molecule has 2 aliphatic carbocycles. The van der Waals surface area contributed by atoms with Crippen molar-refractivity contribution < 1.29 is 4.79 Å². The average Bonchev–Trinajstić information content (AvgIpc) is 2.92. The van der Waals surface area contributed by atoms with E-state index >= 15 is 0 Å². The Morgan fingerprint density at radius 3 is 2.50 bits per heavy atom. The maximum atomic E-state index is 12.8. The number of benzene rings is 1. The molecule has 1 spiro atoms. The van der Waals surface area contributed by atoms with Gasteiger partial charge in [0.05, 0.1) is 5.41 Å². The van der Waals surface area contributed by atoms with Crippen molar-refractivity contribution in [3.05, 3.63) is 41.6 Å². The first-order valence-electron chi connectivity index (χ1n) is 6.68. The first-order chi connectivity index (χ1) is 8.65. The van der Waals surface area contributed by atoms with Crippen molar-refractivity contribution in [1.82, 2.24) is 4.90 Å². The predicted molar refractivity (Wildman–Crippen MR) is 73.3 cm³/mol. The molecule has 3 rings (SSSR count). The largest absolute Gasteiger partial charge is 0.383 e. The van der Waals surface area contributed by atoms with Crippen LogP contribution in [0.15, 0.2) is 30.5 Å². The number of Topliss-reactive ketones (excluding diaryl/α,β-unsaturated/α-hetero) is 1. The van der Waals surface area contributed by atoms with E-state index in [-0.39, 0.29) is 5.41 Å². The van der Waals surface area contributed by atoms with Crippen molar-refractivity contribution in [3.8, 4) is 0 Å². The third-order valence-electron chi connectivity index (χ3n) is 4.26. The lowest BCUT2D eigenvalue weighted by atomic mass is 9.79. The Morgan fingerprint density at radius 1 is 1.17 bits per heavy atom. The number of ketones is 1. The number of allylic oxidation sites excluding steroid dienone is 1. The van der Waals surface area contributed by atoms with Gasteiger partial charge >= 0.3 is 0 Å². The molecular formula is C16H19NO. The molecule has 0 N–H and O–H groups in total. The number of carbonyl (C=O) groups is 1. The van der Waals surface area contributed by atoms with Crippen molar-refractivity contribution in [2.24, 2.45) is 0 Å². The molecule has 1 aromatic carbocycles. The zero-order valence-corrected chi connectivity index (χ0v) is 11.1. The van der Waals surface area contributed by atoms with Gasteiger partial charge in [0.1, 0.15) is 0 Å². The summed E-state index contributed by atoms with van der Waals surface area (Å²) in [5, 5.41) is 0. The van der Waals surface area contributed by atoms with Crippen LogP contribution in [0, 0.1) is 0 Å². The van der Waals surface area contributed by atoms with Gasteiger partial charge in [0, 0.05) is 25.9 Å². The topological polar surface area (TPSA) is 20.3 Å². The molecule has 18 heavy (non-hydrogen) atoms. The Bertz CT molecular complexity index is 522. The molecule has 0 radical (unpaired) electrons. The van der Waals surface area contributed by atoms with Crippen molar-refractivity contribution in [1.29, 1.82) is 0 Å². The highest BCUT2D eigenvalue weighted by Crippen LogP contribution is 2.51. The molecular weight excluding hydrogens is 222 g/mol. The van der Waals surface area contributed by atoms with Gasteiger partial charge in [-0.05, 0) is 24.0 Å². The summed E-state index contributed by atoms with van der Waals surface area (Å²) >= 11 is 0. The highest BCUT2D eigenvalue weighted by molar-refractivity contribution is 6.29. The SMILES string of the molecule is CN(C)/C=C1\C(=O)C2(CCCC2)c2ccccc21. The number of rotatable bonds is 1. The Balaban J connectivity index is 2.20. The van der Waals surface area contributed by atoms with Gasteiger partial charge < -0.3 is 4.90 Å². The number of hydrogen-bond acceptors (Lipinski definition) is 2. The van der Waals surface area contributed by atoms with Gasteiger partial charge in [0.15, 0.2) is 5.78 Å². The van der Waals surface area contributed by atoms with Crippen molar-refractivity contribution in [3.63, 3.8) is 0 Å². The molecule has 1 aromatic rings. The summed E-state index contributed by atoms with van der Waals surface area (Å²) in [7, 11) is 3.95. The lowest BCUT2D eigenvalue weighted by molar-refractivity contribution is -0.118. The van der Waals surface area contributed by atoms with Crippen molar-refractivity contribution in [2.45, 2.75) is 31.1 Å². The molecule has 0 saturated heterocycles. The maximum Gasteiger partial charge on any atom is 0.175 e. The molecule has 0 heterocycles. The van der Waals surface area contributed by atoms with Gasteiger partial charge in [0.25, 0.3) is 0 Å².